The number of benzene rings is 1. The molecule has 0 radical (unpaired) electrons. The quantitative estimate of drug-likeness (QED) is 0.834. The number of piperazine rings is 1. The van der Waals surface area contributed by atoms with Crippen LogP contribution in [-0.4, -0.2) is 43.5 Å². The lowest BCUT2D eigenvalue weighted by molar-refractivity contribution is -0.129. The van der Waals surface area contributed by atoms with Crippen molar-refractivity contribution in [3.63, 3.8) is 0 Å². The number of nitrogens with one attached hydrogen (secondary N) is 2. The molecule has 100 valence electrons. The Bertz CT molecular complexity index is 506. The first kappa shape index (κ1) is 13.3. The summed E-state index contributed by atoms with van der Waals surface area (Å²) in [5.74, 6) is -0.513. The van der Waals surface area contributed by atoms with E-state index in [0.29, 0.717) is 18.8 Å². The van der Waals surface area contributed by atoms with Crippen LogP contribution >= 0.6 is 0 Å². The number of halogens is 1. The summed E-state index contributed by atoms with van der Waals surface area (Å²) >= 11 is 0. The van der Waals surface area contributed by atoms with Gasteiger partial charge < -0.3 is 15.5 Å². The molecular formula is C13H15FN4O. The largest absolute Gasteiger partial charge is 0.376 e. The van der Waals surface area contributed by atoms with E-state index in [2.05, 4.69) is 10.6 Å². The molecule has 1 fully saturated rings. The Hall–Kier alpha value is -2.13. The Balaban J connectivity index is 1.93. The molecule has 1 aromatic carbocycles. The van der Waals surface area contributed by atoms with Gasteiger partial charge in [-0.05, 0) is 18.2 Å². The lowest BCUT2D eigenvalue weighted by Crippen LogP contribution is -2.48. The predicted molar refractivity (Wildman–Crippen MR) is 69.1 cm³/mol. The highest BCUT2D eigenvalue weighted by Crippen LogP contribution is 2.13. The van der Waals surface area contributed by atoms with Crippen molar-refractivity contribution in [3.05, 3.63) is 29.6 Å². The molecule has 1 heterocycles. The zero-order valence-electron chi connectivity index (χ0n) is 10.4. The average Bonchev–Trinajstić information content (AvgIpc) is 2.45. The number of hydrogen-bond acceptors (Lipinski definition) is 4. The molecule has 1 amide bonds. The number of rotatable bonds is 3. The summed E-state index contributed by atoms with van der Waals surface area (Å²) in [7, 11) is 0. The van der Waals surface area contributed by atoms with Crippen LogP contribution in [0.2, 0.25) is 0 Å². The molecule has 0 aromatic heterocycles. The van der Waals surface area contributed by atoms with Crippen LogP contribution in [0.25, 0.3) is 0 Å². The molecule has 2 N–H and O–H groups in total. The van der Waals surface area contributed by atoms with Crippen LogP contribution in [0.5, 0.6) is 0 Å². The number of carbonyl (C=O) groups excluding carboxylic acids is 1. The minimum absolute atomic E-state index is 0.0238. The fourth-order valence-corrected chi connectivity index (χ4v) is 1.96. The Kier molecular flexibility index (Phi) is 4.31. The van der Waals surface area contributed by atoms with Crippen LogP contribution in [-0.2, 0) is 4.79 Å². The van der Waals surface area contributed by atoms with Gasteiger partial charge in [-0.25, -0.2) is 4.39 Å². The fraction of sp³-hybridized carbons (Fsp3) is 0.385. The topological polar surface area (TPSA) is 68.2 Å². The minimum Gasteiger partial charge on any atom is -0.376 e. The molecule has 0 aliphatic carbocycles. The first-order chi connectivity index (χ1) is 9.19. The molecule has 1 saturated heterocycles. The van der Waals surface area contributed by atoms with Gasteiger partial charge in [-0.1, -0.05) is 0 Å². The number of carbonyl (C=O) groups is 1. The highest BCUT2D eigenvalue weighted by atomic mass is 19.1. The maximum Gasteiger partial charge on any atom is 0.241 e. The predicted octanol–water partition coefficient (Wildman–Crippen LogP) is 0.541. The Morgan fingerprint density at radius 2 is 2.16 bits per heavy atom. The molecule has 0 saturated carbocycles. The van der Waals surface area contributed by atoms with Crippen molar-refractivity contribution in [2.75, 3.05) is 38.0 Å². The van der Waals surface area contributed by atoms with Gasteiger partial charge in [0.25, 0.3) is 0 Å². The van der Waals surface area contributed by atoms with Gasteiger partial charge in [0, 0.05) is 31.9 Å². The third-order valence-corrected chi connectivity index (χ3v) is 2.94. The zero-order chi connectivity index (χ0) is 13.7. The molecule has 0 atom stereocenters. The number of anilines is 1. The van der Waals surface area contributed by atoms with Crippen molar-refractivity contribution in [1.82, 2.24) is 10.2 Å². The summed E-state index contributed by atoms with van der Waals surface area (Å²) in [6, 6.07) is 5.82. The molecule has 0 bridgehead atoms. The molecule has 0 spiro atoms. The highest BCUT2D eigenvalue weighted by molar-refractivity contribution is 5.81. The van der Waals surface area contributed by atoms with Crippen LogP contribution in [0.1, 0.15) is 5.56 Å². The van der Waals surface area contributed by atoms with Crippen LogP contribution in [0.4, 0.5) is 10.1 Å². The van der Waals surface area contributed by atoms with Gasteiger partial charge in [0.05, 0.1) is 18.2 Å². The van der Waals surface area contributed by atoms with E-state index in [0.717, 1.165) is 19.2 Å². The smallest absolute Gasteiger partial charge is 0.241 e. The van der Waals surface area contributed by atoms with E-state index < -0.39 is 5.82 Å². The van der Waals surface area contributed by atoms with Gasteiger partial charge >= 0.3 is 0 Å². The summed E-state index contributed by atoms with van der Waals surface area (Å²) in [4.78, 5) is 13.6. The SMILES string of the molecule is N#Cc1cc(F)cc(NCC(=O)N2CCNCC2)c1. The van der Waals surface area contributed by atoms with Crippen molar-refractivity contribution in [2.24, 2.45) is 0 Å². The van der Waals surface area contributed by atoms with E-state index in [1.165, 1.54) is 12.1 Å². The van der Waals surface area contributed by atoms with E-state index in [4.69, 9.17) is 5.26 Å². The molecule has 1 aromatic rings. The molecule has 6 heteroatoms. The highest BCUT2D eigenvalue weighted by Gasteiger charge is 2.15. The van der Waals surface area contributed by atoms with Crippen LogP contribution in [0.15, 0.2) is 18.2 Å². The molecule has 2 rings (SSSR count). The standard InChI is InChI=1S/C13H15FN4O/c14-11-5-10(8-15)6-12(7-11)17-9-13(19)18-3-1-16-2-4-18/h5-7,16-17H,1-4,9H2. The second-order valence-electron chi connectivity index (χ2n) is 4.32. The van der Waals surface area contributed by atoms with E-state index in [1.807, 2.05) is 6.07 Å². The van der Waals surface area contributed by atoms with E-state index in [1.54, 1.807) is 4.90 Å². The third kappa shape index (κ3) is 3.66. The second kappa shape index (κ2) is 6.16. The molecule has 1 aliphatic rings. The first-order valence-electron chi connectivity index (χ1n) is 6.12. The maximum atomic E-state index is 13.2. The molecule has 0 unspecified atom stereocenters. The molecule has 5 nitrogen and oxygen atoms in total. The van der Waals surface area contributed by atoms with Gasteiger partial charge in [-0.15, -0.1) is 0 Å². The second-order valence-corrected chi connectivity index (χ2v) is 4.32. The van der Waals surface area contributed by atoms with Gasteiger partial charge in [-0.3, -0.25) is 4.79 Å². The van der Waals surface area contributed by atoms with E-state index >= 15 is 0 Å². The first-order valence-corrected chi connectivity index (χ1v) is 6.12. The summed E-state index contributed by atoms with van der Waals surface area (Å²) in [6.07, 6.45) is 0. The Morgan fingerprint density at radius 1 is 1.42 bits per heavy atom. The van der Waals surface area contributed by atoms with Crippen LogP contribution < -0.4 is 10.6 Å². The lowest BCUT2D eigenvalue weighted by atomic mass is 10.2. The number of amides is 1. The van der Waals surface area contributed by atoms with Crippen molar-refractivity contribution in [2.45, 2.75) is 0 Å². The van der Waals surface area contributed by atoms with E-state index in [-0.39, 0.29) is 18.0 Å². The minimum atomic E-state index is -0.490. The lowest BCUT2D eigenvalue weighted by Gasteiger charge is -2.27. The van der Waals surface area contributed by atoms with Gasteiger partial charge in [0.1, 0.15) is 5.82 Å². The van der Waals surface area contributed by atoms with Crippen molar-refractivity contribution >= 4 is 11.6 Å². The number of hydrogen-bond donors (Lipinski definition) is 2. The summed E-state index contributed by atoms with van der Waals surface area (Å²) < 4.78 is 13.2. The maximum absolute atomic E-state index is 13.2. The molecule has 1 aliphatic heterocycles. The monoisotopic (exact) mass is 262 g/mol. The van der Waals surface area contributed by atoms with Crippen molar-refractivity contribution < 1.29 is 9.18 Å². The van der Waals surface area contributed by atoms with Crippen LogP contribution in [0.3, 0.4) is 0 Å². The van der Waals surface area contributed by atoms with Gasteiger partial charge in [0.2, 0.25) is 5.91 Å². The normalized spacial score (nSPS) is 14.8. The Labute approximate surface area is 111 Å². The number of nitriles is 1. The van der Waals surface area contributed by atoms with Gasteiger partial charge in [0.15, 0.2) is 0 Å². The van der Waals surface area contributed by atoms with Crippen molar-refractivity contribution in [3.8, 4) is 6.07 Å². The summed E-state index contributed by atoms with van der Waals surface area (Å²) in [5, 5.41) is 14.8. The average molecular weight is 262 g/mol. The van der Waals surface area contributed by atoms with Crippen molar-refractivity contribution in [1.29, 1.82) is 5.26 Å². The summed E-state index contributed by atoms with van der Waals surface area (Å²) in [5.41, 5.74) is 0.678. The molecular weight excluding hydrogens is 247 g/mol. The Morgan fingerprint density at radius 3 is 2.84 bits per heavy atom. The van der Waals surface area contributed by atoms with Crippen LogP contribution in [0, 0.1) is 17.1 Å². The van der Waals surface area contributed by atoms with Gasteiger partial charge in [-0.2, -0.15) is 5.26 Å². The fourth-order valence-electron chi connectivity index (χ4n) is 1.96. The number of nitrogens with zero attached hydrogens (tertiary/aromatic N) is 2. The zero-order valence-corrected chi connectivity index (χ0v) is 10.4. The molecule has 19 heavy (non-hydrogen) atoms. The third-order valence-electron chi connectivity index (χ3n) is 2.94. The summed E-state index contributed by atoms with van der Waals surface area (Å²) in [6.45, 7) is 3.07. The van der Waals surface area contributed by atoms with E-state index in [9.17, 15) is 9.18 Å².